The summed E-state index contributed by atoms with van der Waals surface area (Å²) in [5.74, 6) is 0.514. The second-order valence-electron chi connectivity index (χ2n) is 3.21. The third-order valence-corrected chi connectivity index (χ3v) is 2.90. The fraction of sp³-hybridized carbons (Fsp3) is 0.273. The molecule has 0 saturated carbocycles. The lowest BCUT2D eigenvalue weighted by atomic mass is 10.3. The lowest BCUT2D eigenvalue weighted by Crippen LogP contribution is -2.04. The van der Waals surface area contributed by atoms with E-state index >= 15 is 0 Å². The maximum Gasteiger partial charge on any atom is 0.298 e. The van der Waals surface area contributed by atoms with Crippen molar-refractivity contribution in [3.63, 3.8) is 0 Å². The molecule has 1 N–H and O–H groups in total. The van der Waals surface area contributed by atoms with Crippen LogP contribution in [0.2, 0.25) is 0 Å². The number of benzene rings is 1. The van der Waals surface area contributed by atoms with Crippen molar-refractivity contribution in [3.05, 3.63) is 30.9 Å². The minimum Gasteiger partial charge on any atom is -0.497 e. The number of methoxy groups -OCH3 is 1. The topological polar surface area (TPSA) is 72.8 Å². The first-order valence-electron chi connectivity index (χ1n) is 4.88. The van der Waals surface area contributed by atoms with Gasteiger partial charge in [-0.3, -0.25) is 4.55 Å². The Kier molecular flexibility index (Phi) is 4.53. The van der Waals surface area contributed by atoms with Gasteiger partial charge < -0.3 is 9.47 Å². The van der Waals surface area contributed by atoms with Gasteiger partial charge in [0.2, 0.25) is 0 Å². The Balaban J connectivity index is 3.07. The predicted octanol–water partition coefficient (Wildman–Crippen LogP) is 1.90. The molecule has 6 heteroatoms. The van der Waals surface area contributed by atoms with Crippen molar-refractivity contribution < 1.29 is 22.4 Å². The Morgan fingerprint density at radius 2 is 2.18 bits per heavy atom. The van der Waals surface area contributed by atoms with E-state index in [1.165, 1.54) is 25.3 Å². The van der Waals surface area contributed by atoms with E-state index in [1.807, 2.05) is 0 Å². The summed E-state index contributed by atoms with van der Waals surface area (Å²) in [7, 11) is -2.85. The minimum atomic E-state index is -4.30. The largest absolute Gasteiger partial charge is 0.497 e. The van der Waals surface area contributed by atoms with Gasteiger partial charge in [0.15, 0.2) is 0 Å². The molecule has 0 bridgehead atoms. The van der Waals surface area contributed by atoms with Crippen LogP contribution in [0.4, 0.5) is 0 Å². The van der Waals surface area contributed by atoms with Crippen LogP contribution in [0.25, 0.3) is 0 Å². The van der Waals surface area contributed by atoms with Gasteiger partial charge in [0.25, 0.3) is 10.1 Å². The quantitative estimate of drug-likeness (QED) is 0.479. The zero-order chi connectivity index (χ0) is 12.9. The second-order valence-corrected chi connectivity index (χ2v) is 4.60. The number of rotatable bonds is 6. The van der Waals surface area contributed by atoms with Crippen molar-refractivity contribution in [2.24, 2.45) is 0 Å². The van der Waals surface area contributed by atoms with E-state index in [1.54, 1.807) is 6.08 Å². The Morgan fingerprint density at radius 1 is 1.47 bits per heavy atom. The normalized spacial score (nSPS) is 10.9. The van der Waals surface area contributed by atoms with Gasteiger partial charge >= 0.3 is 0 Å². The third kappa shape index (κ3) is 3.76. The zero-order valence-electron chi connectivity index (χ0n) is 9.42. The van der Waals surface area contributed by atoms with Crippen LogP contribution in [-0.4, -0.2) is 26.7 Å². The molecule has 0 radical (unpaired) electrons. The van der Waals surface area contributed by atoms with E-state index in [9.17, 15) is 8.42 Å². The molecule has 0 aliphatic carbocycles. The highest BCUT2D eigenvalue weighted by molar-refractivity contribution is 7.86. The molecule has 0 amide bonds. The number of hydrogen-bond donors (Lipinski definition) is 1. The molecule has 0 atom stereocenters. The lowest BCUT2D eigenvalue weighted by Gasteiger charge is -2.10. The van der Waals surface area contributed by atoms with Crippen LogP contribution >= 0.6 is 0 Å². The van der Waals surface area contributed by atoms with Gasteiger partial charge in [0.1, 0.15) is 16.4 Å². The molecule has 0 aromatic heterocycles. The second kappa shape index (κ2) is 5.70. The summed E-state index contributed by atoms with van der Waals surface area (Å²) in [4.78, 5) is -0.276. The highest BCUT2D eigenvalue weighted by Gasteiger charge is 2.17. The van der Waals surface area contributed by atoms with Crippen molar-refractivity contribution in [3.8, 4) is 11.5 Å². The van der Waals surface area contributed by atoms with Crippen LogP contribution in [0, 0.1) is 0 Å². The van der Waals surface area contributed by atoms with Crippen LogP contribution in [0.3, 0.4) is 0 Å². The van der Waals surface area contributed by atoms with E-state index in [4.69, 9.17) is 14.0 Å². The molecule has 0 saturated heterocycles. The molecular formula is C11H14O5S. The standard InChI is InChI=1S/C11H14O5S/c1-3-4-7-16-10-8-9(15-2)5-6-11(10)17(12,13)14/h3,5-6,8H,1,4,7H2,2H3,(H,12,13,14). The zero-order valence-corrected chi connectivity index (χ0v) is 10.2. The van der Waals surface area contributed by atoms with E-state index in [-0.39, 0.29) is 17.3 Å². The van der Waals surface area contributed by atoms with E-state index < -0.39 is 10.1 Å². The fourth-order valence-electron chi connectivity index (χ4n) is 1.19. The number of hydrogen-bond acceptors (Lipinski definition) is 4. The van der Waals surface area contributed by atoms with Crippen molar-refractivity contribution in [1.82, 2.24) is 0 Å². The van der Waals surface area contributed by atoms with Crippen molar-refractivity contribution >= 4 is 10.1 Å². The summed E-state index contributed by atoms with van der Waals surface area (Å²) in [6.45, 7) is 3.80. The van der Waals surface area contributed by atoms with Gasteiger partial charge in [0.05, 0.1) is 13.7 Å². The average molecular weight is 258 g/mol. The summed E-state index contributed by atoms with van der Waals surface area (Å²) in [5, 5.41) is 0. The number of ether oxygens (including phenoxy) is 2. The summed E-state index contributed by atoms with van der Waals surface area (Å²) < 4.78 is 41.4. The van der Waals surface area contributed by atoms with Gasteiger partial charge in [-0.15, -0.1) is 6.58 Å². The molecule has 94 valence electrons. The summed E-state index contributed by atoms with van der Waals surface area (Å²) in [6.07, 6.45) is 2.22. The maximum absolute atomic E-state index is 11.1. The molecule has 1 aromatic carbocycles. The molecular weight excluding hydrogens is 244 g/mol. The van der Waals surface area contributed by atoms with Gasteiger partial charge in [0, 0.05) is 6.07 Å². The third-order valence-electron chi connectivity index (χ3n) is 2.01. The Morgan fingerprint density at radius 3 is 2.71 bits per heavy atom. The Bertz CT molecular complexity index is 493. The van der Waals surface area contributed by atoms with Crippen molar-refractivity contribution in [1.29, 1.82) is 0 Å². The molecule has 1 aromatic rings. The molecule has 0 heterocycles. The maximum atomic E-state index is 11.1. The monoisotopic (exact) mass is 258 g/mol. The molecule has 0 spiro atoms. The summed E-state index contributed by atoms with van der Waals surface area (Å²) in [6, 6.07) is 4.08. The van der Waals surface area contributed by atoms with Crippen molar-refractivity contribution in [2.75, 3.05) is 13.7 Å². The van der Waals surface area contributed by atoms with Gasteiger partial charge in [-0.25, -0.2) is 0 Å². The lowest BCUT2D eigenvalue weighted by molar-refractivity contribution is 0.312. The average Bonchev–Trinajstić information content (AvgIpc) is 2.28. The SMILES string of the molecule is C=CCCOc1cc(OC)ccc1S(=O)(=O)O. The molecule has 17 heavy (non-hydrogen) atoms. The van der Waals surface area contributed by atoms with Crippen LogP contribution in [0.5, 0.6) is 11.5 Å². The molecule has 1 rings (SSSR count). The fourth-order valence-corrected chi connectivity index (χ4v) is 1.81. The molecule has 5 nitrogen and oxygen atoms in total. The van der Waals surface area contributed by atoms with Gasteiger partial charge in [-0.05, 0) is 18.6 Å². The van der Waals surface area contributed by atoms with Crippen molar-refractivity contribution in [2.45, 2.75) is 11.3 Å². The van der Waals surface area contributed by atoms with Crippen LogP contribution in [-0.2, 0) is 10.1 Å². The predicted molar refractivity (Wildman–Crippen MR) is 63.1 cm³/mol. The Labute approximate surface area is 100 Å². The summed E-state index contributed by atoms with van der Waals surface area (Å²) in [5.41, 5.74) is 0. The summed E-state index contributed by atoms with van der Waals surface area (Å²) >= 11 is 0. The first-order chi connectivity index (χ1) is 7.99. The Hall–Kier alpha value is -1.53. The molecule has 0 aliphatic heterocycles. The van der Waals surface area contributed by atoms with E-state index in [2.05, 4.69) is 6.58 Å². The first kappa shape index (κ1) is 13.5. The van der Waals surface area contributed by atoms with E-state index in [0.717, 1.165) is 0 Å². The smallest absolute Gasteiger partial charge is 0.298 e. The minimum absolute atomic E-state index is 0.0636. The highest BCUT2D eigenvalue weighted by Crippen LogP contribution is 2.28. The van der Waals surface area contributed by atoms with Crippen LogP contribution in [0.15, 0.2) is 35.7 Å². The van der Waals surface area contributed by atoms with Gasteiger partial charge in [-0.1, -0.05) is 6.08 Å². The van der Waals surface area contributed by atoms with Crippen LogP contribution < -0.4 is 9.47 Å². The molecule has 0 unspecified atom stereocenters. The van der Waals surface area contributed by atoms with E-state index in [0.29, 0.717) is 12.2 Å². The highest BCUT2D eigenvalue weighted by atomic mass is 32.2. The molecule has 0 fully saturated rings. The first-order valence-corrected chi connectivity index (χ1v) is 6.32. The van der Waals surface area contributed by atoms with Crippen LogP contribution in [0.1, 0.15) is 6.42 Å². The molecule has 0 aliphatic rings. The van der Waals surface area contributed by atoms with Gasteiger partial charge in [-0.2, -0.15) is 8.42 Å².